The summed E-state index contributed by atoms with van der Waals surface area (Å²) in [5.74, 6) is 0.695. The number of hydrogen-bond donors (Lipinski definition) is 1. The van der Waals surface area contributed by atoms with Crippen LogP contribution in [0.4, 0.5) is 5.69 Å². The number of nitrogens with two attached hydrogens (primary N) is 1. The van der Waals surface area contributed by atoms with E-state index >= 15 is 0 Å². The molecule has 0 radical (unpaired) electrons. The van der Waals surface area contributed by atoms with Crippen molar-refractivity contribution >= 4 is 5.69 Å². The van der Waals surface area contributed by atoms with Crippen molar-refractivity contribution in [1.82, 2.24) is 9.55 Å². The molecule has 4 nitrogen and oxygen atoms in total. The fraction of sp³-hybridized carbons (Fsp3) is 0. The number of aromatic nitrogens is 2. The van der Waals surface area contributed by atoms with Crippen LogP contribution in [0, 0.1) is 11.3 Å². The molecule has 2 heterocycles. The highest BCUT2D eigenvalue weighted by molar-refractivity contribution is 5.41. The van der Waals surface area contributed by atoms with Gasteiger partial charge in [-0.15, -0.1) is 0 Å². The van der Waals surface area contributed by atoms with Gasteiger partial charge in [0.1, 0.15) is 17.6 Å². The minimum absolute atomic E-state index is 0.558. The van der Waals surface area contributed by atoms with Gasteiger partial charge in [0.05, 0.1) is 11.9 Å². The molecular weight excluding hydrogens is 176 g/mol. The van der Waals surface area contributed by atoms with Gasteiger partial charge in [0, 0.05) is 6.20 Å². The van der Waals surface area contributed by atoms with E-state index in [1.807, 2.05) is 0 Å². The van der Waals surface area contributed by atoms with Gasteiger partial charge in [-0.3, -0.25) is 4.57 Å². The lowest BCUT2D eigenvalue weighted by atomic mass is 10.4. The van der Waals surface area contributed by atoms with Gasteiger partial charge in [0.15, 0.2) is 0 Å². The van der Waals surface area contributed by atoms with Crippen molar-refractivity contribution in [2.75, 3.05) is 5.73 Å². The van der Waals surface area contributed by atoms with E-state index < -0.39 is 0 Å². The van der Waals surface area contributed by atoms with Crippen molar-refractivity contribution in [1.29, 1.82) is 5.26 Å². The SMILES string of the molecule is N#Cc1cccn1-c1ccc(N)cn1. The summed E-state index contributed by atoms with van der Waals surface area (Å²) in [6.07, 6.45) is 3.35. The molecule has 0 atom stereocenters. The van der Waals surface area contributed by atoms with Crippen LogP contribution >= 0.6 is 0 Å². The van der Waals surface area contributed by atoms with Crippen molar-refractivity contribution in [2.45, 2.75) is 0 Å². The second-order valence-electron chi connectivity index (χ2n) is 2.82. The van der Waals surface area contributed by atoms with Gasteiger partial charge in [-0.2, -0.15) is 5.26 Å². The van der Waals surface area contributed by atoms with E-state index in [0.29, 0.717) is 17.2 Å². The van der Waals surface area contributed by atoms with Crippen LogP contribution in [0.1, 0.15) is 5.69 Å². The Bertz CT molecular complexity index is 476. The zero-order valence-corrected chi connectivity index (χ0v) is 7.38. The fourth-order valence-corrected chi connectivity index (χ4v) is 1.21. The molecule has 2 rings (SSSR count). The quantitative estimate of drug-likeness (QED) is 0.726. The Kier molecular flexibility index (Phi) is 1.92. The molecule has 0 saturated heterocycles. The number of rotatable bonds is 1. The van der Waals surface area contributed by atoms with Gasteiger partial charge in [-0.1, -0.05) is 0 Å². The molecule has 2 N–H and O–H groups in total. The zero-order valence-electron chi connectivity index (χ0n) is 7.38. The maximum Gasteiger partial charge on any atom is 0.137 e. The third kappa shape index (κ3) is 1.31. The Labute approximate surface area is 81.2 Å². The van der Waals surface area contributed by atoms with Gasteiger partial charge in [0.25, 0.3) is 0 Å². The van der Waals surface area contributed by atoms with Gasteiger partial charge in [-0.05, 0) is 24.3 Å². The predicted molar refractivity (Wildman–Crippen MR) is 52.7 cm³/mol. The van der Waals surface area contributed by atoms with Crippen LogP contribution in [0.5, 0.6) is 0 Å². The molecule has 0 aromatic carbocycles. The summed E-state index contributed by atoms with van der Waals surface area (Å²) in [7, 11) is 0. The Hall–Kier alpha value is -2.28. The molecule has 68 valence electrons. The van der Waals surface area contributed by atoms with Crippen molar-refractivity contribution < 1.29 is 0 Å². The van der Waals surface area contributed by atoms with Crippen LogP contribution in [0.2, 0.25) is 0 Å². The molecule has 0 aliphatic carbocycles. The minimum atomic E-state index is 0.558. The van der Waals surface area contributed by atoms with Crippen molar-refractivity contribution in [3.8, 4) is 11.9 Å². The molecule has 0 amide bonds. The number of nitrogen functional groups attached to an aromatic ring is 1. The second-order valence-corrected chi connectivity index (χ2v) is 2.82. The smallest absolute Gasteiger partial charge is 0.137 e. The Morgan fingerprint density at radius 3 is 2.86 bits per heavy atom. The molecule has 0 aliphatic rings. The fourth-order valence-electron chi connectivity index (χ4n) is 1.21. The van der Waals surface area contributed by atoms with Crippen LogP contribution in [-0.4, -0.2) is 9.55 Å². The topological polar surface area (TPSA) is 67.6 Å². The zero-order chi connectivity index (χ0) is 9.97. The number of nitrogens with zero attached hydrogens (tertiary/aromatic N) is 3. The number of anilines is 1. The molecule has 0 unspecified atom stereocenters. The van der Waals surface area contributed by atoms with E-state index in [1.54, 1.807) is 41.2 Å². The van der Waals surface area contributed by atoms with E-state index in [4.69, 9.17) is 11.0 Å². The highest BCUT2D eigenvalue weighted by Gasteiger charge is 2.02. The van der Waals surface area contributed by atoms with E-state index in [2.05, 4.69) is 11.1 Å². The first-order valence-electron chi connectivity index (χ1n) is 4.10. The summed E-state index contributed by atoms with van der Waals surface area (Å²) in [6.45, 7) is 0. The molecule has 2 aromatic heterocycles. The highest BCUT2D eigenvalue weighted by Crippen LogP contribution is 2.10. The van der Waals surface area contributed by atoms with Crippen molar-refractivity contribution in [3.63, 3.8) is 0 Å². The average Bonchev–Trinajstić information content (AvgIpc) is 2.67. The van der Waals surface area contributed by atoms with Crippen molar-refractivity contribution in [2.24, 2.45) is 0 Å². The van der Waals surface area contributed by atoms with Crippen LogP contribution in [0.15, 0.2) is 36.7 Å². The van der Waals surface area contributed by atoms with Crippen LogP contribution in [0.3, 0.4) is 0 Å². The maximum atomic E-state index is 8.80. The van der Waals surface area contributed by atoms with E-state index in [9.17, 15) is 0 Å². The lowest BCUT2D eigenvalue weighted by Crippen LogP contribution is -1.98. The van der Waals surface area contributed by atoms with E-state index in [0.717, 1.165) is 0 Å². The predicted octanol–water partition coefficient (Wildman–Crippen LogP) is 1.33. The Morgan fingerprint density at radius 2 is 2.21 bits per heavy atom. The van der Waals surface area contributed by atoms with Crippen LogP contribution < -0.4 is 5.73 Å². The van der Waals surface area contributed by atoms with Gasteiger partial charge < -0.3 is 5.73 Å². The molecule has 0 aliphatic heterocycles. The Balaban J connectivity index is 2.50. The summed E-state index contributed by atoms with van der Waals surface area (Å²) >= 11 is 0. The Morgan fingerprint density at radius 1 is 1.36 bits per heavy atom. The molecule has 0 spiro atoms. The molecule has 0 saturated carbocycles. The number of hydrogen-bond acceptors (Lipinski definition) is 3. The summed E-state index contributed by atoms with van der Waals surface area (Å²) < 4.78 is 1.71. The lowest BCUT2D eigenvalue weighted by Gasteiger charge is -2.02. The summed E-state index contributed by atoms with van der Waals surface area (Å²) in [5.41, 5.74) is 6.68. The number of nitriles is 1. The maximum absolute atomic E-state index is 8.80. The molecule has 4 heteroatoms. The van der Waals surface area contributed by atoms with Gasteiger partial charge >= 0.3 is 0 Å². The van der Waals surface area contributed by atoms with Gasteiger partial charge in [0.2, 0.25) is 0 Å². The standard InChI is InChI=1S/C10H8N4/c11-6-9-2-1-5-14(9)10-4-3-8(12)7-13-10/h1-5,7H,12H2. The average molecular weight is 184 g/mol. The molecule has 14 heavy (non-hydrogen) atoms. The third-order valence-electron chi connectivity index (χ3n) is 1.88. The normalized spacial score (nSPS) is 9.64. The van der Waals surface area contributed by atoms with Gasteiger partial charge in [-0.25, -0.2) is 4.98 Å². The molecule has 0 bridgehead atoms. The summed E-state index contributed by atoms with van der Waals surface area (Å²) in [6, 6.07) is 9.14. The molecule has 2 aromatic rings. The lowest BCUT2D eigenvalue weighted by molar-refractivity contribution is 0.990. The van der Waals surface area contributed by atoms with Crippen LogP contribution in [0.25, 0.3) is 5.82 Å². The van der Waals surface area contributed by atoms with Crippen LogP contribution in [-0.2, 0) is 0 Å². The minimum Gasteiger partial charge on any atom is -0.397 e. The first kappa shape index (κ1) is 8.32. The second kappa shape index (κ2) is 3.23. The largest absolute Gasteiger partial charge is 0.397 e. The molecule has 0 fully saturated rings. The number of pyridine rings is 1. The first-order chi connectivity index (χ1) is 6.81. The van der Waals surface area contributed by atoms with E-state index in [-0.39, 0.29) is 0 Å². The molecular formula is C10H8N4. The first-order valence-corrected chi connectivity index (χ1v) is 4.10. The monoisotopic (exact) mass is 184 g/mol. The van der Waals surface area contributed by atoms with Crippen molar-refractivity contribution in [3.05, 3.63) is 42.4 Å². The third-order valence-corrected chi connectivity index (χ3v) is 1.88. The summed E-state index contributed by atoms with van der Waals surface area (Å²) in [5, 5.41) is 8.80. The highest BCUT2D eigenvalue weighted by atomic mass is 15.1. The summed E-state index contributed by atoms with van der Waals surface area (Å²) in [4.78, 5) is 4.12. The van der Waals surface area contributed by atoms with E-state index in [1.165, 1.54) is 0 Å².